The number of carbonyl (C=O) groups excluding carboxylic acids is 1. The Morgan fingerprint density at radius 2 is 2.00 bits per heavy atom. The molecule has 2 rings (SSSR count). The van der Waals surface area contributed by atoms with Gasteiger partial charge in [-0.15, -0.1) is 0 Å². The van der Waals surface area contributed by atoms with Crippen molar-refractivity contribution in [3.05, 3.63) is 35.9 Å². The Balaban J connectivity index is 1.87. The van der Waals surface area contributed by atoms with Crippen LogP contribution in [-0.4, -0.2) is 35.7 Å². The van der Waals surface area contributed by atoms with E-state index in [1.165, 1.54) is 5.56 Å². The molecule has 23 heavy (non-hydrogen) atoms. The van der Waals surface area contributed by atoms with E-state index in [0.717, 1.165) is 32.5 Å². The van der Waals surface area contributed by atoms with Crippen molar-refractivity contribution < 1.29 is 9.53 Å². The second-order valence-electron chi connectivity index (χ2n) is 7.43. The predicted molar refractivity (Wildman–Crippen MR) is 93.3 cm³/mol. The summed E-state index contributed by atoms with van der Waals surface area (Å²) in [4.78, 5) is 14.5. The zero-order valence-corrected chi connectivity index (χ0v) is 14.8. The van der Waals surface area contributed by atoms with Gasteiger partial charge in [-0.25, -0.2) is 4.79 Å². The van der Waals surface area contributed by atoms with Gasteiger partial charge in [0.25, 0.3) is 0 Å². The topological polar surface area (TPSA) is 41.6 Å². The van der Waals surface area contributed by atoms with Gasteiger partial charge >= 0.3 is 6.09 Å². The van der Waals surface area contributed by atoms with E-state index in [9.17, 15) is 4.79 Å². The van der Waals surface area contributed by atoms with Crippen LogP contribution in [0.2, 0.25) is 0 Å². The molecule has 0 saturated carbocycles. The van der Waals surface area contributed by atoms with Crippen molar-refractivity contribution in [2.24, 2.45) is 5.92 Å². The number of ether oxygens (including phenoxy) is 1. The molecule has 1 aromatic carbocycles. The number of carbonyl (C=O) groups is 1. The third-order valence-electron chi connectivity index (χ3n) is 4.29. The normalized spacial score (nSPS) is 22.6. The van der Waals surface area contributed by atoms with Crippen LogP contribution in [-0.2, 0) is 11.3 Å². The molecule has 0 radical (unpaired) electrons. The molecule has 1 N–H and O–H groups in total. The minimum Gasteiger partial charge on any atom is -0.444 e. The first-order valence-corrected chi connectivity index (χ1v) is 8.63. The molecule has 1 aliphatic heterocycles. The third kappa shape index (κ3) is 5.87. The van der Waals surface area contributed by atoms with E-state index in [1.807, 2.05) is 20.8 Å². The quantitative estimate of drug-likeness (QED) is 0.918. The van der Waals surface area contributed by atoms with Crippen molar-refractivity contribution in [2.75, 3.05) is 13.1 Å². The van der Waals surface area contributed by atoms with Crippen molar-refractivity contribution in [3.8, 4) is 0 Å². The summed E-state index contributed by atoms with van der Waals surface area (Å²) in [7, 11) is 0. The van der Waals surface area contributed by atoms with Crippen molar-refractivity contribution >= 4 is 6.09 Å². The van der Waals surface area contributed by atoms with Gasteiger partial charge in [0.15, 0.2) is 0 Å². The monoisotopic (exact) mass is 318 g/mol. The van der Waals surface area contributed by atoms with Crippen LogP contribution in [0.15, 0.2) is 30.3 Å². The van der Waals surface area contributed by atoms with E-state index in [-0.39, 0.29) is 12.1 Å². The minimum absolute atomic E-state index is 0.210. The van der Waals surface area contributed by atoms with Gasteiger partial charge in [0.05, 0.1) is 0 Å². The van der Waals surface area contributed by atoms with Crippen molar-refractivity contribution in [2.45, 2.75) is 58.7 Å². The van der Waals surface area contributed by atoms with E-state index in [4.69, 9.17) is 4.74 Å². The van der Waals surface area contributed by atoms with E-state index in [2.05, 4.69) is 47.5 Å². The summed E-state index contributed by atoms with van der Waals surface area (Å²) in [6, 6.07) is 10.8. The highest BCUT2D eigenvalue weighted by Crippen LogP contribution is 2.22. The van der Waals surface area contributed by atoms with Gasteiger partial charge in [-0.2, -0.15) is 0 Å². The molecule has 0 spiro atoms. The van der Waals surface area contributed by atoms with Gasteiger partial charge in [0.1, 0.15) is 5.60 Å². The number of nitrogens with one attached hydrogen (secondary N) is 1. The molecular formula is C19H30N2O2. The van der Waals surface area contributed by atoms with E-state index >= 15 is 0 Å². The highest BCUT2D eigenvalue weighted by atomic mass is 16.6. The molecule has 4 heteroatoms. The first kappa shape index (κ1) is 17.8. The second kappa shape index (κ2) is 7.82. The van der Waals surface area contributed by atoms with Gasteiger partial charge in [-0.3, -0.25) is 4.90 Å². The molecule has 1 heterocycles. The summed E-state index contributed by atoms with van der Waals surface area (Å²) < 4.78 is 5.39. The van der Waals surface area contributed by atoms with Crippen molar-refractivity contribution in [3.63, 3.8) is 0 Å². The largest absolute Gasteiger partial charge is 0.444 e. The van der Waals surface area contributed by atoms with Crippen LogP contribution in [0.1, 0.15) is 46.1 Å². The lowest BCUT2D eigenvalue weighted by atomic mass is 9.89. The van der Waals surface area contributed by atoms with Gasteiger partial charge in [-0.05, 0) is 38.7 Å². The maximum absolute atomic E-state index is 12.0. The number of piperidine rings is 1. The molecule has 0 unspecified atom stereocenters. The Kier molecular flexibility index (Phi) is 6.05. The minimum atomic E-state index is -0.445. The smallest absolute Gasteiger partial charge is 0.407 e. The average Bonchev–Trinajstić information content (AvgIpc) is 2.48. The average molecular weight is 318 g/mol. The number of hydrogen-bond donors (Lipinski definition) is 1. The van der Waals surface area contributed by atoms with Crippen molar-refractivity contribution in [1.82, 2.24) is 10.2 Å². The standard InChI is InChI=1S/C19H30N2O2/c1-5-16-14-21(13-15-9-7-6-8-10-15)12-11-17(16)20-18(22)23-19(2,3)4/h6-10,16-17H,5,11-14H2,1-4H3,(H,20,22)/t16-,17+/m0/s1. The molecule has 1 aromatic rings. The molecule has 0 aromatic heterocycles. The summed E-state index contributed by atoms with van der Waals surface area (Å²) >= 11 is 0. The molecule has 1 aliphatic rings. The summed E-state index contributed by atoms with van der Waals surface area (Å²) in [5.74, 6) is 0.472. The Hall–Kier alpha value is -1.55. The van der Waals surface area contributed by atoms with Crippen LogP contribution in [0.5, 0.6) is 0 Å². The molecule has 0 aliphatic carbocycles. The molecule has 1 saturated heterocycles. The first-order chi connectivity index (χ1) is 10.9. The lowest BCUT2D eigenvalue weighted by Crippen LogP contribution is -2.51. The Bertz CT molecular complexity index is 496. The molecule has 1 fully saturated rings. The van der Waals surface area contributed by atoms with E-state index in [1.54, 1.807) is 0 Å². The predicted octanol–water partition coefficient (Wildman–Crippen LogP) is 3.81. The Labute approximate surface area is 140 Å². The zero-order chi connectivity index (χ0) is 16.9. The van der Waals surface area contributed by atoms with Crippen LogP contribution in [0.25, 0.3) is 0 Å². The van der Waals surface area contributed by atoms with E-state index in [0.29, 0.717) is 5.92 Å². The summed E-state index contributed by atoms with van der Waals surface area (Å²) in [5.41, 5.74) is 0.903. The van der Waals surface area contributed by atoms with Crippen molar-refractivity contribution in [1.29, 1.82) is 0 Å². The highest BCUT2D eigenvalue weighted by molar-refractivity contribution is 5.68. The fraction of sp³-hybridized carbons (Fsp3) is 0.632. The number of hydrogen-bond acceptors (Lipinski definition) is 3. The number of alkyl carbamates (subject to hydrolysis) is 1. The van der Waals surface area contributed by atoms with Crippen LogP contribution in [0.4, 0.5) is 4.79 Å². The van der Waals surface area contributed by atoms with E-state index < -0.39 is 5.60 Å². The lowest BCUT2D eigenvalue weighted by molar-refractivity contribution is 0.0428. The van der Waals surface area contributed by atoms with Gasteiger partial charge in [0, 0.05) is 25.7 Å². The van der Waals surface area contributed by atoms with Crippen LogP contribution in [0.3, 0.4) is 0 Å². The number of amides is 1. The molecular weight excluding hydrogens is 288 g/mol. The zero-order valence-electron chi connectivity index (χ0n) is 14.8. The SMILES string of the molecule is CC[C@H]1CN(Cc2ccccc2)CC[C@H]1NC(=O)OC(C)(C)C. The number of benzene rings is 1. The maximum Gasteiger partial charge on any atom is 0.407 e. The molecule has 1 amide bonds. The number of rotatable bonds is 4. The molecule has 2 atom stereocenters. The fourth-order valence-corrected chi connectivity index (χ4v) is 3.16. The van der Waals surface area contributed by atoms with Crippen LogP contribution in [0, 0.1) is 5.92 Å². The summed E-state index contributed by atoms with van der Waals surface area (Å²) in [6.45, 7) is 10.9. The Morgan fingerprint density at radius 3 is 2.61 bits per heavy atom. The number of likely N-dealkylation sites (tertiary alicyclic amines) is 1. The fourth-order valence-electron chi connectivity index (χ4n) is 3.16. The van der Waals surface area contributed by atoms with Gasteiger partial charge in [-0.1, -0.05) is 43.7 Å². The highest BCUT2D eigenvalue weighted by Gasteiger charge is 2.30. The summed E-state index contributed by atoms with van der Waals surface area (Å²) in [5, 5.41) is 3.07. The molecule has 4 nitrogen and oxygen atoms in total. The lowest BCUT2D eigenvalue weighted by Gasteiger charge is -2.38. The van der Waals surface area contributed by atoms with Gasteiger partial charge < -0.3 is 10.1 Å². The summed E-state index contributed by atoms with van der Waals surface area (Å²) in [6.07, 6.45) is 1.74. The van der Waals surface area contributed by atoms with Gasteiger partial charge in [0.2, 0.25) is 0 Å². The molecule has 0 bridgehead atoms. The third-order valence-corrected chi connectivity index (χ3v) is 4.29. The number of nitrogens with zero attached hydrogens (tertiary/aromatic N) is 1. The first-order valence-electron chi connectivity index (χ1n) is 8.63. The Morgan fingerprint density at radius 1 is 1.30 bits per heavy atom. The molecule has 128 valence electrons. The van der Waals surface area contributed by atoms with Crippen LogP contribution < -0.4 is 5.32 Å². The second-order valence-corrected chi connectivity index (χ2v) is 7.43. The maximum atomic E-state index is 12.0. The van der Waals surface area contributed by atoms with Crippen LogP contribution >= 0.6 is 0 Å².